The van der Waals surface area contributed by atoms with Crippen LogP contribution in [0.1, 0.15) is 30.9 Å². The molecule has 0 aliphatic heterocycles. The van der Waals surface area contributed by atoms with Crippen LogP contribution in [0.2, 0.25) is 0 Å². The zero-order valence-electron chi connectivity index (χ0n) is 8.36. The quantitative estimate of drug-likeness (QED) is 0.543. The highest BCUT2D eigenvalue weighted by Crippen LogP contribution is 2.25. The Morgan fingerprint density at radius 2 is 2.14 bits per heavy atom. The standard InChI is InChI=1S/C11H13NO2/c1-4-9-5-6-10(8(2)3)7-11(9)12(13)14/h4-8H,1H2,2-3H3. The van der Waals surface area contributed by atoms with Crippen molar-refractivity contribution in [2.75, 3.05) is 0 Å². The van der Waals surface area contributed by atoms with Gasteiger partial charge in [0.15, 0.2) is 0 Å². The fraction of sp³-hybridized carbons (Fsp3) is 0.273. The van der Waals surface area contributed by atoms with Crippen molar-refractivity contribution in [3.05, 3.63) is 46.0 Å². The van der Waals surface area contributed by atoms with Gasteiger partial charge in [-0.05, 0) is 17.5 Å². The second-order valence-corrected chi connectivity index (χ2v) is 3.43. The van der Waals surface area contributed by atoms with Gasteiger partial charge in [0.25, 0.3) is 5.69 Å². The molecule has 0 aromatic heterocycles. The smallest absolute Gasteiger partial charge is 0.258 e. The highest BCUT2D eigenvalue weighted by Gasteiger charge is 2.12. The predicted octanol–water partition coefficient (Wildman–Crippen LogP) is 3.36. The summed E-state index contributed by atoms with van der Waals surface area (Å²) in [5.41, 5.74) is 1.67. The summed E-state index contributed by atoms with van der Waals surface area (Å²) in [6.07, 6.45) is 1.50. The molecule has 0 radical (unpaired) electrons. The second kappa shape index (κ2) is 4.05. The van der Waals surface area contributed by atoms with Crippen LogP contribution in [0, 0.1) is 10.1 Å². The number of hydrogen-bond donors (Lipinski definition) is 0. The maximum Gasteiger partial charge on any atom is 0.276 e. The number of nitrogens with zero attached hydrogens (tertiary/aromatic N) is 1. The summed E-state index contributed by atoms with van der Waals surface area (Å²) >= 11 is 0. The molecule has 0 atom stereocenters. The molecule has 0 N–H and O–H groups in total. The molecule has 3 heteroatoms. The Balaban J connectivity index is 3.27. The summed E-state index contributed by atoms with van der Waals surface area (Å²) in [4.78, 5) is 10.3. The lowest BCUT2D eigenvalue weighted by Crippen LogP contribution is -1.95. The molecule has 0 saturated heterocycles. The molecule has 1 aromatic carbocycles. The lowest BCUT2D eigenvalue weighted by Gasteiger charge is -2.05. The summed E-state index contributed by atoms with van der Waals surface area (Å²) in [5.74, 6) is 0.299. The maximum atomic E-state index is 10.7. The van der Waals surface area contributed by atoms with Crippen molar-refractivity contribution in [2.24, 2.45) is 0 Å². The van der Waals surface area contributed by atoms with Gasteiger partial charge in [-0.25, -0.2) is 0 Å². The van der Waals surface area contributed by atoms with E-state index in [4.69, 9.17) is 0 Å². The lowest BCUT2D eigenvalue weighted by molar-refractivity contribution is -0.385. The Bertz CT molecular complexity index is 370. The lowest BCUT2D eigenvalue weighted by atomic mass is 10.0. The molecule has 0 aliphatic rings. The third kappa shape index (κ3) is 1.99. The number of nitro benzene ring substituents is 1. The molecular weight excluding hydrogens is 178 g/mol. The SMILES string of the molecule is C=Cc1ccc(C(C)C)cc1[N+](=O)[O-]. The minimum absolute atomic E-state index is 0.131. The van der Waals surface area contributed by atoms with Gasteiger partial charge in [0.2, 0.25) is 0 Å². The van der Waals surface area contributed by atoms with Crippen molar-refractivity contribution in [3.8, 4) is 0 Å². The first-order valence-corrected chi connectivity index (χ1v) is 4.47. The van der Waals surface area contributed by atoms with Gasteiger partial charge in [-0.1, -0.05) is 32.6 Å². The molecule has 0 saturated carbocycles. The summed E-state index contributed by atoms with van der Waals surface area (Å²) in [7, 11) is 0. The van der Waals surface area contributed by atoms with Crippen LogP contribution in [0.25, 0.3) is 6.08 Å². The van der Waals surface area contributed by atoms with Crippen molar-refractivity contribution in [3.63, 3.8) is 0 Å². The number of rotatable bonds is 3. The van der Waals surface area contributed by atoms with Crippen molar-refractivity contribution in [1.29, 1.82) is 0 Å². The van der Waals surface area contributed by atoms with E-state index in [0.29, 0.717) is 11.5 Å². The first-order valence-electron chi connectivity index (χ1n) is 4.47. The number of benzene rings is 1. The van der Waals surface area contributed by atoms with Crippen LogP contribution in [0.3, 0.4) is 0 Å². The predicted molar refractivity (Wildman–Crippen MR) is 57.3 cm³/mol. The van der Waals surface area contributed by atoms with Crippen LogP contribution in [-0.4, -0.2) is 4.92 Å². The minimum atomic E-state index is -0.372. The molecular formula is C11H13NO2. The monoisotopic (exact) mass is 191 g/mol. The Morgan fingerprint density at radius 3 is 2.57 bits per heavy atom. The van der Waals surface area contributed by atoms with Crippen LogP contribution < -0.4 is 0 Å². The van der Waals surface area contributed by atoms with Gasteiger partial charge >= 0.3 is 0 Å². The normalized spacial score (nSPS) is 10.2. The topological polar surface area (TPSA) is 43.1 Å². The Morgan fingerprint density at radius 1 is 1.50 bits per heavy atom. The van der Waals surface area contributed by atoms with Crippen molar-refractivity contribution in [1.82, 2.24) is 0 Å². The number of hydrogen-bond acceptors (Lipinski definition) is 2. The molecule has 0 aliphatic carbocycles. The molecule has 0 unspecified atom stereocenters. The van der Waals surface area contributed by atoms with E-state index in [2.05, 4.69) is 6.58 Å². The number of nitro groups is 1. The Hall–Kier alpha value is -1.64. The van der Waals surface area contributed by atoms with Crippen molar-refractivity contribution < 1.29 is 4.92 Å². The van der Waals surface area contributed by atoms with Crippen LogP contribution in [0.4, 0.5) is 5.69 Å². The van der Waals surface area contributed by atoms with Gasteiger partial charge < -0.3 is 0 Å². The second-order valence-electron chi connectivity index (χ2n) is 3.43. The van der Waals surface area contributed by atoms with E-state index in [0.717, 1.165) is 5.56 Å². The molecule has 14 heavy (non-hydrogen) atoms. The van der Waals surface area contributed by atoms with Gasteiger partial charge in [0.05, 0.1) is 10.5 Å². The van der Waals surface area contributed by atoms with E-state index in [-0.39, 0.29) is 10.6 Å². The average Bonchev–Trinajstić information content (AvgIpc) is 2.16. The van der Waals surface area contributed by atoms with Gasteiger partial charge in [-0.15, -0.1) is 0 Å². The van der Waals surface area contributed by atoms with Gasteiger partial charge in [-0.3, -0.25) is 10.1 Å². The van der Waals surface area contributed by atoms with E-state index in [9.17, 15) is 10.1 Å². The average molecular weight is 191 g/mol. The van der Waals surface area contributed by atoms with E-state index in [1.54, 1.807) is 12.1 Å². The molecule has 0 amide bonds. The van der Waals surface area contributed by atoms with Crippen LogP contribution >= 0.6 is 0 Å². The minimum Gasteiger partial charge on any atom is -0.258 e. The molecule has 3 nitrogen and oxygen atoms in total. The summed E-state index contributed by atoms with van der Waals surface area (Å²) in [6, 6.07) is 5.25. The van der Waals surface area contributed by atoms with Crippen LogP contribution in [-0.2, 0) is 0 Å². The molecule has 0 heterocycles. The van der Waals surface area contributed by atoms with Gasteiger partial charge in [0, 0.05) is 6.07 Å². The fourth-order valence-electron chi connectivity index (χ4n) is 1.25. The third-order valence-electron chi connectivity index (χ3n) is 2.14. The van der Waals surface area contributed by atoms with E-state index < -0.39 is 0 Å². The van der Waals surface area contributed by atoms with E-state index in [1.807, 2.05) is 19.9 Å². The first kappa shape index (κ1) is 10.4. The maximum absolute atomic E-state index is 10.7. The summed E-state index contributed by atoms with van der Waals surface area (Å²) in [6.45, 7) is 7.56. The van der Waals surface area contributed by atoms with Crippen LogP contribution in [0.15, 0.2) is 24.8 Å². The molecule has 0 fully saturated rings. The zero-order chi connectivity index (χ0) is 10.7. The highest BCUT2D eigenvalue weighted by molar-refractivity contribution is 5.60. The molecule has 1 aromatic rings. The van der Waals surface area contributed by atoms with Crippen molar-refractivity contribution >= 4 is 11.8 Å². The van der Waals surface area contributed by atoms with E-state index in [1.165, 1.54) is 6.08 Å². The fourth-order valence-corrected chi connectivity index (χ4v) is 1.25. The third-order valence-corrected chi connectivity index (χ3v) is 2.14. The zero-order valence-corrected chi connectivity index (χ0v) is 8.36. The Labute approximate surface area is 83.2 Å². The van der Waals surface area contributed by atoms with Crippen molar-refractivity contribution in [2.45, 2.75) is 19.8 Å². The highest BCUT2D eigenvalue weighted by atomic mass is 16.6. The van der Waals surface area contributed by atoms with Gasteiger partial charge in [0.1, 0.15) is 0 Å². The molecule has 74 valence electrons. The first-order chi connectivity index (χ1) is 6.56. The summed E-state index contributed by atoms with van der Waals surface area (Å²) < 4.78 is 0. The van der Waals surface area contributed by atoms with E-state index >= 15 is 0 Å². The molecule has 1 rings (SSSR count). The van der Waals surface area contributed by atoms with Crippen LogP contribution in [0.5, 0.6) is 0 Å². The largest absolute Gasteiger partial charge is 0.276 e. The Kier molecular flexibility index (Phi) is 3.02. The molecule has 0 spiro atoms. The summed E-state index contributed by atoms with van der Waals surface area (Å²) in [5, 5.41) is 10.7. The van der Waals surface area contributed by atoms with Gasteiger partial charge in [-0.2, -0.15) is 0 Å². The molecule has 0 bridgehead atoms.